The van der Waals surface area contributed by atoms with Gasteiger partial charge in [0.05, 0.1) is 24.2 Å². The summed E-state index contributed by atoms with van der Waals surface area (Å²) in [6.45, 7) is 7.57. The van der Waals surface area contributed by atoms with Crippen molar-refractivity contribution in [3.8, 4) is 6.01 Å². The van der Waals surface area contributed by atoms with Gasteiger partial charge in [-0.1, -0.05) is 17.2 Å². The van der Waals surface area contributed by atoms with Crippen molar-refractivity contribution >= 4 is 11.6 Å². The van der Waals surface area contributed by atoms with E-state index in [2.05, 4.69) is 15.3 Å². The number of aryl methyl sites for hydroxylation is 4. The Morgan fingerprint density at radius 2 is 1.52 bits per heavy atom. The summed E-state index contributed by atoms with van der Waals surface area (Å²) < 4.78 is 5.02. The maximum absolute atomic E-state index is 12.4. The van der Waals surface area contributed by atoms with Crippen molar-refractivity contribution in [2.75, 3.05) is 12.4 Å². The molecule has 2 aromatic rings. The van der Waals surface area contributed by atoms with Crippen LogP contribution in [0.15, 0.2) is 18.2 Å². The van der Waals surface area contributed by atoms with Gasteiger partial charge >= 0.3 is 6.01 Å². The highest BCUT2D eigenvalue weighted by Crippen LogP contribution is 2.20. The molecule has 110 valence electrons. The molecule has 0 saturated heterocycles. The van der Waals surface area contributed by atoms with Crippen molar-refractivity contribution in [2.45, 2.75) is 27.7 Å². The highest BCUT2D eigenvalue weighted by Gasteiger charge is 2.13. The number of hydrogen-bond donors (Lipinski definition) is 1. The number of nitrogens with one attached hydrogen (secondary N) is 1. The minimum atomic E-state index is -0.165. The van der Waals surface area contributed by atoms with Crippen molar-refractivity contribution in [3.63, 3.8) is 0 Å². The molecule has 21 heavy (non-hydrogen) atoms. The number of aromatic nitrogens is 2. The fourth-order valence-electron chi connectivity index (χ4n) is 2.25. The molecule has 0 saturated carbocycles. The Labute approximate surface area is 124 Å². The molecule has 5 heteroatoms. The van der Waals surface area contributed by atoms with Crippen LogP contribution in [0.5, 0.6) is 6.01 Å². The van der Waals surface area contributed by atoms with E-state index in [0.717, 1.165) is 11.1 Å². The highest BCUT2D eigenvalue weighted by atomic mass is 16.5. The van der Waals surface area contributed by atoms with Gasteiger partial charge in [-0.2, -0.15) is 9.97 Å². The lowest BCUT2D eigenvalue weighted by Gasteiger charge is -2.12. The Kier molecular flexibility index (Phi) is 4.21. The second-order valence-corrected chi connectivity index (χ2v) is 5.09. The Morgan fingerprint density at radius 1 is 1.00 bits per heavy atom. The number of amides is 1. The molecule has 0 aliphatic heterocycles. The summed E-state index contributed by atoms with van der Waals surface area (Å²) in [5.41, 5.74) is 4.72. The van der Waals surface area contributed by atoms with Crippen molar-refractivity contribution in [1.82, 2.24) is 9.97 Å². The molecule has 0 aliphatic rings. The number of hydrogen-bond acceptors (Lipinski definition) is 4. The van der Waals surface area contributed by atoms with Crippen molar-refractivity contribution in [1.29, 1.82) is 0 Å². The number of carbonyl (C=O) groups is 1. The van der Waals surface area contributed by atoms with Crippen molar-refractivity contribution in [2.24, 2.45) is 0 Å². The summed E-state index contributed by atoms with van der Waals surface area (Å²) >= 11 is 0. The zero-order chi connectivity index (χ0) is 15.6. The number of anilines is 1. The van der Waals surface area contributed by atoms with Gasteiger partial charge in [-0.05, 0) is 39.8 Å². The molecule has 0 aliphatic carbocycles. The largest absolute Gasteiger partial charge is 0.467 e. The van der Waals surface area contributed by atoms with Crippen LogP contribution in [0.2, 0.25) is 0 Å². The van der Waals surface area contributed by atoms with Gasteiger partial charge in [0.25, 0.3) is 5.91 Å². The van der Waals surface area contributed by atoms with Crippen molar-refractivity contribution in [3.05, 3.63) is 46.3 Å². The molecule has 0 unspecified atom stereocenters. The first-order valence-corrected chi connectivity index (χ1v) is 6.69. The zero-order valence-electron chi connectivity index (χ0n) is 12.9. The minimum absolute atomic E-state index is 0.165. The highest BCUT2D eigenvalue weighted by molar-refractivity contribution is 6.05. The number of nitrogens with zero attached hydrogens (tertiary/aromatic N) is 2. The standard InChI is InChI=1S/C16H19N3O2/c1-9-6-10(2)8-13(7-9)15(20)19-14-11(3)17-16(21-5)18-12(14)4/h6-8H,1-5H3,(H,19,20). The summed E-state index contributed by atoms with van der Waals surface area (Å²) in [7, 11) is 1.52. The summed E-state index contributed by atoms with van der Waals surface area (Å²) in [5, 5.41) is 2.88. The van der Waals surface area contributed by atoms with Crippen LogP contribution in [-0.4, -0.2) is 23.0 Å². The normalized spacial score (nSPS) is 10.3. The fraction of sp³-hybridized carbons (Fsp3) is 0.312. The van der Waals surface area contributed by atoms with Crippen LogP contribution in [0.4, 0.5) is 5.69 Å². The first-order chi connectivity index (χ1) is 9.90. The number of methoxy groups -OCH3 is 1. The molecule has 1 aromatic heterocycles. The van der Waals surface area contributed by atoms with Crippen LogP contribution in [0, 0.1) is 27.7 Å². The Bertz CT molecular complexity index is 653. The molecule has 0 radical (unpaired) electrons. The van der Waals surface area contributed by atoms with Crippen molar-refractivity contribution < 1.29 is 9.53 Å². The first-order valence-electron chi connectivity index (χ1n) is 6.69. The Morgan fingerprint density at radius 3 is 2.00 bits per heavy atom. The van der Waals surface area contributed by atoms with Crippen LogP contribution in [0.3, 0.4) is 0 Å². The van der Waals surface area contributed by atoms with Gasteiger partial charge in [-0.15, -0.1) is 0 Å². The summed E-state index contributed by atoms with van der Waals surface area (Å²) in [6, 6.07) is 6.05. The van der Waals surface area contributed by atoms with Gasteiger partial charge in [0.1, 0.15) is 0 Å². The average Bonchev–Trinajstić information content (AvgIpc) is 2.41. The third-order valence-electron chi connectivity index (χ3n) is 3.16. The molecule has 1 amide bonds. The molecule has 1 N–H and O–H groups in total. The third kappa shape index (κ3) is 3.37. The van der Waals surface area contributed by atoms with E-state index >= 15 is 0 Å². The van der Waals surface area contributed by atoms with Crippen LogP contribution in [0.1, 0.15) is 32.9 Å². The second kappa shape index (κ2) is 5.91. The van der Waals surface area contributed by atoms with Gasteiger partial charge in [0.15, 0.2) is 0 Å². The quantitative estimate of drug-likeness (QED) is 0.941. The molecular weight excluding hydrogens is 266 g/mol. The molecule has 2 rings (SSSR count). The zero-order valence-corrected chi connectivity index (χ0v) is 12.9. The molecule has 1 heterocycles. The monoisotopic (exact) mass is 285 g/mol. The Hall–Kier alpha value is -2.43. The molecule has 5 nitrogen and oxygen atoms in total. The maximum Gasteiger partial charge on any atom is 0.316 e. The predicted molar refractivity (Wildman–Crippen MR) is 81.9 cm³/mol. The molecule has 0 atom stereocenters. The maximum atomic E-state index is 12.4. The van der Waals surface area contributed by atoms with E-state index in [9.17, 15) is 4.79 Å². The van der Waals surface area contributed by atoms with Gasteiger partial charge in [-0.3, -0.25) is 4.79 Å². The summed E-state index contributed by atoms with van der Waals surface area (Å²) in [6.07, 6.45) is 0. The number of rotatable bonds is 3. The lowest BCUT2D eigenvalue weighted by molar-refractivity contribution is 0.102. The van der Waals surface area contributed by atoms with E-state index in [1.165, 1.54) is 7.11 Å². The number of benzene rings is 1. The lowest BCUT2D eigenvalue weighted by atomic mass is 10.1. The van der Waals surface area contributed by atoms with Crippen LogP contribution in [-0.2, 0) is 0 Å². The Balaban J connectivity index is 2.31. The molecular formula is C16H19N3O2. The average molecular weight is 285 g/mol. The fourth-order valence-corrected chi connectivity index (χ4v) is 2.25. The molecule has 0 bridgehead atoms. The predicted octanol–water partition coefficient (Wildman–Crippen LogP) is 2.97. The van der Waals surface area contributed by atoms with Gasteiger partial charge in [-0.25, -0.2) is 0 Å². The van der Waals surface area contributed by atoms with E-state index in [1.54, 1.807) is 0 Å². The van der Waals surface area contributed by atoms with E-state index in [-0.39, 0.29) is 5.91 Å². The van der Waals surface area contributed by atoms with Crippen LogP contribution in [0.25, 0.3) is 0 Å². The van der Waals surface area contributed by atoms with E-state index in [0.29, 0.717) is 28.6 Å². The molecule has 0 fully saturated rings. The van der Waals surface area contributed by atoms with Gasteiger partial charge in [0.2, 0.25) is 0 Å². The van der Waals surface area contributed by atoms with E-state index < -0.39 is 0 Å². The topological polar surface area (TPSA) is 64.1 Å². The van der Waals surface area contributed by atoms with Gasteiger partial charge in [0, 0.05) is 5.56 Å². The third-order valence-corrected chi connectivity index (χ3v) is 3.16. The second-order valence-electron chi connectivity index (χ2n) is 5.09. The smallest absolute Gasteiger partial charge is 0.316 e. The first kappa shape index (κ1) is 15.0. The number of ether oxygens (including phenoxy) is 1. The summed E-state index contributed by atoms with van der Waals surface area (Å²) in [5.74, 6) is -0.165. The van der Waals surface area contributed by atoms with E-state index in [4.69, 9.17) is 4.74 Å². The van der Waals surface area contributed by atoms with Crippen LogP contribution >= 0.6 is 0 Å². The minimum Gasteiger partial charge on any atom is -0.467 e. The van der Waals surface area contributed by atoms with Crippen LogP contribution < -0.4 is 10.1 Å². The van der Waals surface area contributed by atoms with E-state index in [1.807, 2.05) is 45.9 Å². The number of carbonyl (C=O) groups excluding carboxylic acids is 1. The molecule has 0 spiro atoms. The lowest BCUT2D eigenvalue weighted by Crippen LogP contribution is -2.15. The molecule has 1 aromatic carbocycles. The van der Waals surface area contributed by atoms with Gasteiger partial charge < -0.3 is 10.1 Å². The SMILES string of the molecule is COc1nc(C)c(NC(=O)c2cc(C)cc(C)c2)c(C)n1. The summed E-state index contributed by atoms with van der Waals surface area (Å²) in [4.78, 5) is 20.8.